The van der Waals surface area contributed by atoms with Crippen LogP contribution in [0, 0.1) is 11.8 Å². The number of piperidine rings is 1. The smallest absolute Gasteiger partial charge is 0.407 e. The van der Waals surface area contributed by atoms with Gasteiger partial charge < -0.3 is 20.1 Å². The molecule has 1 heterocycles. The van der Waals surface area contributed by atoms with Crippen molar-refractivity contribution in [1.82, 2.24) is 10.2 Å². The second-order valence-electron chi connectivity index (χ2n) is 9.64. The number of benzene rings is 2. The van der Waals surface area contributed by atoms with E-state index in [2.05, 4.69) is 29.6 Å². The summed E-state index contributed by atoms with van der Waals surface area (Å²) in [7, 11) is 0. The maximum absolute atomic E-state index is 13.3. The molecule has 2 unspecified atom stereocenters. The maximum atomic E-state index is 13.3. The molecule has 7 nitrogen and oxygen atoms in total. The van der Waals surface area contributed by atoms with E-state index in [1.54, 1.807) is 4.90 Å². The highest BCUT2D eigenvalue weighted by atomic mass is 16.5. The summed E-state index contributed by atoms with van der Waals surface area (Å²) in [5, 5.41) is 12.2. The molecule has 1 aliphatic carbocycles. The number of carboxylic acids is 1. The number of alkyl carbamates (subject to hydrolysis) is 1. The van der Waals surface area contributed by atoms with Crippen molar-refractivity contribution in [2.24, 2.45) is 11.8 Å². The van der Waals surface area contributed by atoms with Gasteiger partial charge in [-0.25, -0.2) is 4.79 Å². The monoisotopic (exact) mass is 464 g/mol. The molecule has 0 aromatic heterocycles. The zero-order valence-electron chi connectivity index (χ0n) is 19.9. The van der Waals surface area contributed by atoms with E-state index in [1.165, 1.54) is 0 Å². The van der Waals surface area contributed by atoms with Crippen LogP contribution in [-0.2, 0) is 14.3 Å². The predicted octanol–water partition coefficient (Wildman–Crippen LogP) is 4.26. The Morgan fingerprint density at radius 2 is 1.62 bits per heavy atom. The number of rotatable bonds is 6. The van der Waals surface area contributed by atoms with Gasteiger partial charge in [-0.05, 0) is 47.9 Å². The number of carbonyl (C=O) groups excluding carboxylic acids is 2. The van der Waals surface area contributed by atoms with Crippen LogP contribution < -0.4 is 5.32 Å². The van der Waals surface area contributed by atoms with Gasteiger partial charge in [-0.3, -0.25) is 9.59 Å². The molecule has 2 aromatic carbocycles. The van der Waals surface area contributed by atoms with Gasteiger partial charge in [-0.1, -0.05) is 62.4 Å². The van der Waals surface area contributed by atoms with Crippen LogP contribution in [0.25, 0.3) is 11.1 Å². The molecule has 1 fully saturated rings. The number of amides is 2. The van der Waals surface area contributed by atoms with Gasteiger partial charge in [0.05, 0.1) is 5.92 Å². The molecule has 1 saturated heterocycles. The Morgan fingerprint density at radius 1 is 1.03 bits per heavy atom. The third kappa shape index (κ3) is 4.65. The molecular formula is C27H32N2O5. The zero-order chi connectivity index (χ0) is 24.4. The summed E-state index contributed by atoms with van der Waals surface area (Å²) in [6, 6.07) is 15.4. The van der Waals surface area contributed by atoms with Gasteiger partial charge in [0, 0.05) is 18.5 Å². The lowest BCUT2D eigenvalue weighted by molar-refractivity contribution is -0.148. The van der Waals surface area contributed by atoms with Crippen molar-refractivity contribution in [3.8, 4) is 11.1 Å². The Balaban J connectivity index is 1.43. The second kappa shape index (κ2) is 9.87. The average molecular weight is 465 g/mol. The van der Waals surface area contributed by atoms with Crippen molar-refractivity contribution < 1.29 is 24.2 Å². The van der Waals surface area contributed by atoms with Gasteiger partial charge in [-0.15, -0.1) is 0 Å². The van der Waals surface area contributed by atoms with E-state index in [4.69, 9.17) is 4.74 Å². The van der Waals surface area contributed by atoms with Crippen LogP contribution in [-0.4, -0.2) is 53.2 Å². The molecule has 3 atom stereocenters. The first-order valence-corrected chi connectivity index (χ1v) is 11.9. The van der Waals surface area contributed by atoms with Crippen molar-refractivity contribution in [2.75, 3.05) is 13.2 Å². The Bertz CT molecular complexity index is 1040. The molecule has 2 N–H and O–H groups in total. The molecule has 34 heavy (non-hydrogen) atoms. The second-order valence-corrected chi connectivity index (χ2v) is 9.64. The SMILES string of the molecule is CC(C)[C@@H](NC(=O)OCC1c2ccccc2-c2ccccc21)C(=O)N1CC(C(=O)O)CCC1C. The fraction of sp³-hybridized carbons (Fsp3) is 0.444. The number of ether oxygens (including phenoxy) is 1. The molecule has 0 saturated carbocycles. The molecule has 180 valence electrons. The molecule has 2 aliphatic rings. The fourth-order valence-electron chi connectivity index (χ4n) is 5.07. The van der Waals surface area contributed by atoms with E-state index in [9.17, 15) is 19.5 Å². The highest BCUT2D eigenvalue weighted by Crippen LogP contribution is 2.44. The van der Waals surface area contributed by atoms with E-state index in [-0.39, 0.29) is 36.9 Å². The topological polar surface area (TPSA) is 95.9 Å². The van der Waals surface area contributed by atoms with E-state index >= 15 is 0 Å². The zero-order valence-corrected chi connectivity index (χ0v) is 19.9. The third-order valence-electron chi connectivity index (χ3n) is 7.06. The summed E-state index contributed by atoms with van der Waals surface area (Å²) in [6.07, 6.45) is 0.526. The number of aliphatic carboxylic acids is 1. The molecule has 0 spiro atoms. The highest BCUT2D eigenvalue weighted by molar-refractivity contribution is 5.87. The van der Waals surface area contributed by atoms with Crippen LogP contribution in [0.2, 0.25) is 0 Å². The first kappa shape index (κ1) is 23.8. The van der Waals surface area contributed by atoms with Gasteiger partial charge >= 0.3 is 12.1 Å². The fourth-order valence-corrected chi connectivity index (χ4v) is 5.07. The highest BCUT2D eigenvalue weighted by Gasteiger charge is 2.37. The first-order chi connectivity index (χ1) is 16.3. The van der Waals surface area contributed by atoms with Gasteiger partial charge in [0.25, 0.3) is 0 Å². The van der Waals surface area contributed by atoms with Crippen LogP contribution >= 0.6 is 0 Å². The molecule has 0 radical (unpaired) electrons. The van der Waals surface area contributed by atoms with E-state index < -0.39 is 24.0 Å². The minimum Gasteiger partial charge on any atom is -0.481 e. The lowest BCUT2D eigenvalue weighted by Gasteiger charge is -2.39. The Kier molecular flexibility index (Phi) is 6.91. The van der Waals surface area contributed by atoms with Crippen LogP contribution in [0.5, 0.6) is 0 Å². The molecule has 4 rings (SSSR count). The van der Waals surface area contributed by atoms with Crippen molar-refractivity contribution in [3.63, 3.8) is 0 Å². The molecular weight excluding hydrogens is 432 g/mol. The summed E-state index contributed by atoms with van der Waals surface area (Å²) in [5.41, 5.74) is 4.54. The Hall–Kier alpha value is -3.35. The van der Waals surface area contributed by atoms with Crippen LogP contribution in [0.4, 0.5) is 4.79 Å². The summed E-state index contributed by atoms with van der Waals surface area (Å²) in [6.45, 7) is 5.96. The number of likely N-dealkylation sites (tertiary alicyclic amines) is 1. The molecule has 2 aromatic rings. The van der Waals surface area contributed by atoms with Crippen LogP contribution in [0.15, 0.2) is 48.5 Å². The van der Waals surface area contributed by atoms with Crippen molar-refractivity contribution >= 4 is 18.0 Å². The summed E-state index contributed by atoms with van der Waals surface area (Å²) in [5.74, 6) is -1.98. The normalized spacial score (nSPS) is 20.4. The molecule has 0 bridgehead atoms. The molecule has 2 amide bonds. The molecule has 1 aliphatic heterocycles. The summed E-state index contributed by atoms with van der Waals surface area (Å²) >= 11 is 0. The summed E-state index contributed by atoms with van der Waals surface area (Å²) < 4.78 is 5.63. The average Bonchev–Trinajstić information content (AvgIpc) is 3.14. The Labute approximate surface area is 200 Å². The quantitative estimate of drug-likeness (QED) is 0.666. The van der Waals surface area contributed by atoms with Crippen molar-refractivity contribution in [3.05, 3.63) is 59.7 Å². The minimum atomic E-state index is -0.893. The number of nitrogens with one attached hydrogen (secondary N) is 1. The number of nitrogens with zero attached hydrogens (tertiary/aromatic N) is 1. The van der Waals surface area contributed by atoms with Gasteiger partial charge in [0.1, 0.15) is 12.6 Å². The number of hydrogen-bond donors (Lipinski definition) is 2. The largest absolute Gasteiger partial charge is 0.481 e. The first-order valence-electron chi connectivity index (χ1n) is 11.9. The van der Waals surface area contributed by atoms with Gasteiger partial charge in [0.15, 0.2) is 0 Å². The standard InChI is InChI=1S/C27H32N2O5/c1-16(2)24(25(30)29-14-18(26(31)32)13-12-17(29)3)28-27(33)34-15-23-21-10-6-4-8-19(21)20-9-5-7-11-22(20)23/h4-11,16-18,23-24H,12-15H2,1-3H3,(H,28,33)(H,31,32)/t17?,18?,24-/m1/s1. The number of hydrogen-bond acceptors (Lipinski definition) is 4. The Morgan fingerprint density at radius 3 is 2.18 bits per heavy atom. The molecule has 7 heteroatoms. The van der Waals surface area contributed by atoms with E-state index in [0.29, 0.717) is 12.8 Å². The van der Waals surface area contributed by atoms with Crippen molar-refractivity contribution in [2.45, 2.75) is 51.6 Å². The predicted molar refractivity (Wildman–Crippen MR) is 128 cm³/mol. The van der Waals surface area contributed by atoms with Crippen LogP contribution in [0.3, 0.4) is 0 Å². The summed E-state index contributed by atoms with van der Waals surface area (Å²) in [4.78, 5) is 39.1. The lowest BCUT2D eigenvalue weighted by atomic mass is 9.91. The number of carbonyl (C=O) groups is 3. The number of fused-ring (bicyclic) bond motifs is 3. The van der Waals surface area contributed by atoms with E-state index in [0.717, 1.165) is 22.3 Å². The van der Waals surface area contributed by atoms with Gasteiger partial charge in [0.2, 0.25) is 5.91 Å². The lowest BCUT2D eigenvalue weighted by Crippen LogP contribution is -2.56. The van der Waals surface area contributed by atoms with Crippen LogP contribution in [0.1, 0.15) is 50.7 Å². The van der Waals surface area contributed by atoms with E-state index in [1.807, 2.05) is 45.0 Å². The minimum absolute atomic E-state index is 0.0650. The number of carboxylic acid groups (broad SMARTS) is 1. The third-order valence-corrected chi connectivity index (χ3v) is 7.06. The van der Waals surface area contributed by atoms with Gasteiger partial charge in [-0.2, -0.15) is 0 Å². The van der Waals surface area contributed by atoms with Crippen molar-refractivity contribution in [1.29, 1.82) is 0 Å². The maximum Gasteiger partial charge on any atom is 0.407 e.